The zero-order chi connectivity index (χ0) is 10.9. The lowest BCUT2D eigenvalue weighted by Gasteiger charge is -2.15. The quantitative estimate of drug-likeness (QED) is 0.639. The average Bonchev–Trinajstić information content (AvgIpc) is 2.23. The van der Waals surface area contributed by atoms with Gasteiger partial charge in [-0.15, -0.1) is 0 Å². The van der Waals surface area contributed by atoms with Crippen LogP contribution < -0.4 is 0 Å². The Bertz CT molecular complexity index is 306. The number of amides is 2. The van der Waals surface area contributed by atoms with Crippen LogP contribution in [0.4, 0.5) is 13.2 Å². The van der Waals surface area contributed by atoms with Crippen LogP contribution in [-0.2, 0) is 9.59 Å². The number of alkyl halides is 3. The maximum absolute atomic E-state index is 11.8. The normalized spacial score (nSPS) is 17.7. The minimum atomic E-state index is -4.35. The van der Waals surface area contributed by atoms with Crippen molar-refractivity contribution in [3.8, 4) is 0 Å². The van der Waals surface area contributed by atoms with Crippen molar-refractivity contribution >= 4 is 11.8 Å². The SMILES string of the molecule is CC1=CC(=O)N(CCC(F)(F)F)C1=O. The van der Waals surface area contributed by atoms with Crippen molar-refractivity contribution in [3.05, 3.63) is 11.6 Å². The van der Waals surface area contributed by atoms with Crippen molar-refractivity contribution in [1.82, 2.24) is 4.90 Å². The summed E-state index contributed by atoms with van der Waals surface area (Å²) in [6, 6.07) is 0. The number of hydrogen-bond donors (Lipinski definition) is 0. The average molecular weight is 207 g/mol. The lowest BCUT2D eigenvalue weighted by Crippen LogP contribution is -2.34. The third-order valence-electron chi connectivity index (χ3n) is 1.81. The molecule has 6 heteroatoms. The first-order chi connectivity index (χ1) is 6.31. The lowest BCUT2D eigenvalue weighted by atomic mass is 10.3. The van der Waals surface area contributed by atoms with E-state index >= 15 is 0 Å². The molecule has 1 aliphatic heterocycles. The van der Waals surface area contributed by atoms with E-state index in [2.05, 4.69) is 0 Å². The van der Waals surface area contributed by atoms with Gasteiger partial charge in [-0.3, -0.25) is 14.5 Å². The monoisotopic (exact) mass is 207 g/mol. The molecule has 3 nitrogen and oxygen atoms in total. The van der Waals surface area contributed by atoms with Crippen LogP contribution in [0.1, 0.15) is 13.3 Å². The molecule has 0 bridgehead atoms. The van der Waals surface area contributed by atoms with E-state index in [-0.39, 0.29) is 5.57 Å². The van der Waals surface area contributed by atoms with Crippen LogP contribution in [0.25, 0.3) is 0 Å². The third kappa shape index (κ3) is 2.34. The molecule has 0 saturated carbocycles. The van der Waals surface area contributed by atoms with Gasteiger partial charge in [-0.2, -0.15) is 13.2 Å². The second kappa shape index (κ2) is 3.43. The molecule has 0 radical (unpaired) electrons. The van der Waals surface area contributed by atoms with Gasteiger partial charge >= 0.3 is 6.18 Å². The first kappa shape index (κ1) is 10.7. The van der Waals surface area contributed by atoms with E-state index in [9.17, 15) is 22.8 Å². The van der Waals surface area contributed by atoms with Crippen molar-refractivity contribution in [2.75, 3.05) is 6.54 Å². The molecule has 0 aromatic heterocycles. The highest BCUT2D eigenvalue weighted by Crippen LogP contribution is 2.21. The minimum Gasteiger partial charge on any atom is -0.275 e. The fourth-order valence-corrected chi connectivity index (χ4v) is 1.09. The predicted molar refractivity (Wildman–Crippen MR) is 41.1 cm³/mol. The molecule has 1 heterocycles. The Kier molecular flexibility index (Phi) is 2.64. The van der Waals surface area contributed by atoms with Crippen molar-refractivity contribution in [2.24, 2.45) is 0 Å². The van der Waals surface area contributed by atoms with E-state index in [0.717, 1.165) is 6.08 Å². The second-order valence-corrected chi connectivity index (χ2v) is 2.99. The zero-order valence-electron chi connectivity index (χ0n) is 7.39. The molecule has 0 aromatic rings. The topological polar surface area (TPSA) is 37.4 Å². The van der Waals surface area contributed by atoms with Crippen LogP contribution in [0.2, 0.25) is 0 Å². The maximum Gasteiger partial charge on any atom is 0.390 e. The van der Waals surface area contributed by atoms with Crippen LogP contribution in [0.15, 0.2) is 11.6 Å². The van der Waals surface area contributed by atoms with E-state index < -0.39 is 31.0 Å². The highest BCUT2D eigenvalue weighted by atomic mass is 19.4. The molecule has 0 aliphatic carbocycles. The van der Waals surface area contributed by atoms with Gasteiger partial charge in [0.15, 0.2) is 0 Å². The van der Waals surface area contributed by atoms with Gasteiger partial charge in [-0.25, -0.2) is 0 Å². The zero-order valence-corrected chi connectivity index (χ0v) is 7.39. The van der Waals surface area contributed by atoms with E-state index in [4.69, 9.17) is 0 Å². The molecule has 1 rings (SSSR count). The molecule has 0 saturated heterocycles. The summed E-state index contributed by atoms with van der Waals surface area (Å²) in [5.41, 5.74) is 0.178. The molecule has 78 valence electrons. The molecule has 0 fully saturated rings. The molecule has 0 spiro atoms. The number of carbonyl (C=O) groups excluding carboxylic acids is 2. The third-order valence-corrected chi connectivity index (χ3v) is 1.81. The second-order valence-electron chi connectivity index (χ2n) is 2.99. The predicted octanol–water partition coefficient (Wildman–Crippen LogP) is 1.25. The van der Waals surface area contributed by atoms with Gasteiger partial charge < -0.3 is 0 Å². The van der Waals surface area contributed by atoms with Gasteiger partial charge in [0, 0.05) is 18.2 Å². The molecule has 0 atom stereocenters. The van der Waals surface area contributed by atoms with Crippen LogP contribution in [0.5, 0.6) is 0 Å². The first-order valence-electron chi connectivity index (χ1n) is 3.92. The van der Waals surface area contributed by atoms with E-state index in [0.29, 0.717) is 4.90 Å². The van der Waals surface area contributed by atoms with E-state index in [1.807, 2.05) is 0 Å². The Labute approximate surface area is 78.2 Å². The van der Waals surface area contributed by atoms with E-state index in [1.165, 1.54) is 6.92 Å². The van der Waals surface area contributed by atoms with E-state index in [1.54, 1.807) is 0 Å². The summed E-state index contributed by atoms with van der Waals surface area (Å²) in [4.78, 5) is 22.7. The Balaban J connectivity index is 2.57. The number of hydrogen-bond acceptors (Lipinski definition) is 2. The van der Waals surface area contributed by atoms with Crippen molar-refractivity contribution < 1.29 is 22.8 Å². The molecule has 0 N–H and O–H groups in total. The summed E-state index contributed by atoms with van der Waals surface area (Å²) in [7, 11) is 0. The highest BCUT2D eigenvalue weighted by molar-refractivity contribution is 6.15. The number of carbonyl (C=O) groups is 2. The smallest absolute Gasteiger partial charge is 0.275 e. The summed E-state index contributed by atoms with van der Waals surface area (Å²) < 4.78 is 35.4. The molecular weight excluding hydrogens is 199 g/mol. The fourth-order valence-electron chi connectivity index (χ4n) is 1.09. The molecule has 0 unspecified atom stereocenters. The van der Waals surface area contributed by atoms with Crippen LogP contribution in [0.3, 0.4) is 0 Å². The summed E-state index contributed by atoms with van der Waals surface area (Å²) >= 11 is 0. The minimum absolute atomic E-state index is 0.178. The van der Waals surface area contributed by atoms with Crippen molar-refractivity contribution in [3.63, 3.8) is 0 Å². The van der Waals surface area contributed by atoms with Gasteiger partial charge in [0.1, 0.15) is 0 Å². The standard InChI is InChI=1S/C8H8F3NO2/c1-5-4-6(13)12(7(5)14)3-2-8(9,10)11/h4H,2-3H2,1H3. The molecule has 14 heavy (non-hydrogen) atoms. The van der Waals surface area contributed by atoms with Crippen molar-refractivity contribution in [2.45, 2.75) is 19.5 Å². The van der Waals surface area contributed by atoms with Gasteiger partial charge in [0.05, 0.1) is 6.42 Å². The molecular formula is C8H8F3NO2. The summed E-state index contributed by atoms with van der Waals surface area (Å²) in [5, 5.41) is 0. The largest absolute Gasteiger partial charge is 0.390 e. The van der Waals surface area contributed by atoms with Crippen LogP contribution >= 0.6 is 0 Å². The van der Waals surface area contributed by atoms with Gasteiger partial charge in [0.25, 0.3) is 11.8 Å². The fraction of sp³-hybridized carbons (Fsp3) is 0.500. The Morgan fingerprint density at radius 3 is 2.29 bits per heavy atom. The number of halogens is 3. The molecule has 1 aliphatic rings. The Morgan fingerprint density at radius 1 is 1.36 bits per heavy atom. The lowest BCUT2D eigenvalue weighted by molar-refractivity contribution is -0.148. The van der Waals surface area contributed by atoms with Crippen LogP contribution in [-0.4, -0.2) is 29.4 Å². The molecule has 2 amide bonds. The Morgan fingerprint density at radius 2 is 1.93 bits per heavy atom. The summed E-state index contributed by atoms with van der Waals surface area (Å²) in [6.45, 7) is 0.794. The van der Waals surface area contributed by atoms with Crippen LogP contribution in [0, 0.1) is 0 Å². The number of imide groups is 1. The highest BCUT2D eigenvalue weighted by Gasteiger charge is 2.33. The number of nitrogens with zero attached hydrogens (tertiary/aromatic N) is 1. The maximum atomic E-state index is 11.8. The molecule has 0 aromatic carbocycles. The van der Waals surface area contributed by atoms with Gasteiger partial charge in [-0.1, -0.05) is 0 Å². The Hall–Kier alpha value is -1.33. The van der Waals surface area contributed by atoms with Gasteiger partial charge in [-0.05, 0) is 6.92 Å². The van der Waals surface area contributed by atoms with Crippen molar-refractivity contribution in [1.29, 1.82) is 0 Å². The summed E-state index contributed by atoms with van der Waals surface area (Å²) in [5.74, 6) is -1.31. The number of rotatable bonds is 2. The summed E-state index contributed by atoms with van der Waals surface area (Å²) in [6.07, 6.45) is -4.47. The first-order valence-corrected chi connectivity index (χ1v) is 3.92. The van der Waals surface area contributed by atoms with Gasteiger partial charge in [0.2, 0.25) is 0 Å².